The first-order valence-corrected chi connectivity index (χ1v) is 9.08. The number of ether oxygens (including phenoxy) is 2. The molecule has 0 saturated carbocycles. The maximum atomic E-state index is 9.38. The fraction of sp³-hybridized carbons (Fsp3) is 0.286. The van der Waals surface area contributed by atoms with Gasteiger partial charge >= 0.3 is 0 Å². The van der Waals surface area contributed by atoms with Crippen LogP contribution in [-0.4, -0.2) is 30.4 Å². The number of nitriles is 1. The van der Waals surface area contributed by atoms with Crippen molar-refractivity contribution in [3.63, 3.8) is 0 Å². The Kier molecular flexibility index (Phi) is 4.85. The van der Waals surface area contributed by atoms with E-state index in [0.717, 1.165) is 41.1 Å². The Morgan fingerprint density at radius 2 is 2.04 bits per heavy atom. The van der Waals surface area contributed by atoms with Gasteiger partial charge in [-0.25, -0.2) is 0 Å². The zero-order valence-corrected chi connectivity index (χ0v) is 15.8. The summed E-state index contributed by atoms with van der Waals surface area (Å²) in [4.78, 5) is 6.19. The van der Waals surface area contributed by atoms with E-state index in [1.165, 1.54) is 0 Å². The predicted octanol–water partition coefficient (Wildman–Crippen LogP) is 4.04. The van der Waals surface area contributed by atoms with Crippen LogP contribution in [-0.2, 0) is 6.42 Å². The fourth-order valence-electron chi connectivity index (χ4n) is 3.35. The fourth-order valence-corrected chi connectivity index (χ4v) is 3.35. The molecule has 1 aromatic heterocycles. The summed E-state index contributed by atoms with van der Waals surface area (Å²) in [5, 5.41) is 13.3. The average molecular weight is 376 g/mol. The molecule has 0 bridgehead atoms. The third-order valence-corrected chi connectivity index (χ3v) is 4.68. The third-order valence-electron chi connectivity index (χ3n) is 4.68. The molecular weight excluding hydrogens is 356 g/mol. The second kappa shape index (κ2) is 7.61. The van der Waals surface area contributed by atoms with E-state index in [-0.39, 0.29) is 6.54 Å². The lowest BCUT2D eigenvalue weighted by Crippen LogP contribution is -2.18. The Morgan fingerprint density at radius 3 is 2.71 bits per heavy atom. The smallest absolute Gasteiger partial charge is 0.223 e. The molecule has 0 radical (unpaired) electrons. The van der Waals surface area contributed by atoms with Crippen LogP contribution in [0, 0.1) is 18.3 Å². The highest BCUT2D eigenvalue weighted by Gasteiger charge is 2.20. The van der Waals surface area contributed by atoms with Gasteiger partial charge in [0.05, 0.1) is 19.8 Å². The highest BCUT2D eigenvalue weighted by Crippen LogP contribution is 2.40. The van der Waals surface area contributed by atoms with Gasteiger partial charge in [-0.15, -0.1) is 0 Å². The number of hydrogen-bond donors (Lipinski definition) is 0. The quantitative estimate of drug-likeness (QED) is 0.621. The Labute approximate surface area is 163 Å². The van der Waals surface area contributed by atoms with Crippen LogP contribution in [0.2, 0.25) is 0 Å². The number of anilines is 2. The van der Waals surface area contributed by atoms with Gasteiger partial charge in [-0.3, -0.25) is 0 Å². The Hall–Kier alpha value is -3.53. The van der Waals surface area contributed by atoms with Crippen molar-refractivity contribution < 1.29 is 14.0 Å². The molecule has 0 spiro atoms. The van der Waals surface area contributed by atoms with E-state index in [9.17, 15) is 5.26 Å². The zero-order valence-electron chi connectivity index (χ0n) is 15.8. The van der Waals surface area contributed by atoms with Crippen molar-refractivity contribution in [2.24, 2.45) is 0 Å². The number of fused-ring (bicyclic) bond motifs is 1. The van der Waals surface area contributed by atoms with Crippen LogP contribution in [0.5, 0.6) is 11.5 Å². The first kappa shape index (κ1) is 17.9. The number of aromatic nitrogens is 2. The minimum Gasteiger partial charge on any atom is -0.493 e. The van der Waals surface area contributed by atoms with Gasteiger partial charge in [0.15, 0.2) is 11.5 Å². The molecule has 7 nitrogen and oxygen atoms in total. The third kappa shape index (κ3) is 3.37. The summed E-state index contributed by atoms with van der Waals surface area (Å²) in [5.41, 5.74) is 3.74. The van der Waals surface area contributed by atoms with Crippen LogP contribution in [0.3, 0.4) is 0 Å². The maximum Gasteiger partial charge on any atom is 0.223 e. The second-order valence-corrected chi connectivity index (χ2v) is 6.52. The number of aryl methyl sites for hydroxylation is 2. The van der Waals surface area contributed by atoms with Gasteiger partial charge < -0.3 is 18.9 Å². The molecule has 0 saturated heterocycles. The number of methoxy groups -OCH3 is 1. The summed E-state index contributed by atoms with van der Waals surface area (Å²) in [6, 6.07) is 14.0. The molecule has 0 N–H and O–H groups in total. The number of hydrogen-bond acceptors (Lipinski definition) is 7. The zero-order chi connectivity index (χ0) is 19.5. The van der Waals surface area contributed by atoms with E-state index in [1.807, 2.05) is 35.2 Å². The standard InChI is InChI=1S/C21H20N4O3/c1-14-23-21(24-28-14)15-5-7-17(8-6-15)25(10-9-22)18-12-16-4-3-11-27-20(16)19(13-18)26-2/h5-8,12-13H,3-4,10-11H2,1-2H3. The van der Waals surface area contributed by atoms with Crippen molar-refractivity contribution in [3.05, 3.63) is 47.9 Å². The second-order valence-electron chi connectivity index (χ2n) is 6.52. The molecule has 0 atom stereocenters. The lowest BCUT2D eigenvalue weighted by atomic mass is 10.0. The summed E-state index contributed by atoms with van der Waals surface area (Å²) >= 11 is 0. The molecule has 3 aromatic rings. The van der Waals surface area contributed by atoms with Crippen LogP contribution in [0.4, 0.5) is 11.4 Å². The monoisotopic (exact) mass is 376 g/mol. The van der Waals surface area contributed by atoms with Crippen LogP contribution < -0.4 is 14.4 Å². The normalized spacial score (nSPS) is 12.6. The lowest BCUT2D eigenvalue weighted by Gasteiger charge is -2.26. The Bertz CT molecular complexity index is 1000. The van der Waals surface area contributed by atoms with Crippen molar-refractivity contribution in [1.29, 1.82) is 5.26 Å². The summed E-state index contributed by atoms with van der Waals surface area (Å²) in [6.07, 6.45) is 1.90. The van der Waals surface area contributed by atoms with Crippen molar-refractivity contribution in [2.75, 3.05) is 25.2 Å². The average Bonchev–Trinajstić information content (AvgIpc) is 3.17. The largest absolute Gasteiger partial charge is 0.493 e. The minimum absolute atomic E-state index is 0.212. The van der Waals surface area contributed by atoms with Crippen LogP contribution in [0.25, 0.3) is 11.4 Å². The lowest BCUT2D eigenvalue weighted by molar-refractivity contribution is 0.269. The summed E-state index contributed by atoms with van der Waals surface area (Å²) < 4.78 is 16.4. The van der Waals surface area contributed by atoms with Crippen LogP contribution in [0.15, 0.2) is 40.9 Å². The molecule has 28 heavy (non-hydrogen) atoms. The van der Waals surface area contributed by atoms with Gasteiger partial charge in [-0.05, 0) is 43.2 Å². The van der Waals surface area contributed by atoms with Gasteiger partial charge in [0.25, 0.3) is 0 Å². The van der Waals surface area contributed by atoms with E-state index >= 15 is 0 Å². The molecule has 0 unspecified atom stereocenters. The minimum atomic E-state index is 0.212. The van der Waals surface area contributed by atoms with Crippen LogP contribution >= 0.6 is 0 Å². The van der Waals surface area contributed by atoms with E-state index < -0.39 is 0 Å². The highest BCUT2D eigenvalue weighted by atomic mass is 16.5. The van der Waals surface area contributed by atoms with Crippen molar-refractivity contribution in [3.8, 4) is 29.0 Å². The van der Waals surface area contributed by atoms with E-state index in [2.05, 4.69) is 22.3 Å². The van der Waals surface area contributed by atoms with Crippen molar-refractivity contribution >= 4 is 11.4 Å². The molecule has 0 amide bonds. The molecule has 2 heterocycles. The molecule has 0 fully saturated rings. The number of nitrogens with zero attached hydrogens (tertiary/aromatic N) is 4. The van der Waals surface area contributed by atoms with Gasteiger partial charge in [0.1, 0.15) is 6.54 Å². The molecule has 4 rings (SSSR count). The Balaban J connectivity index is 1.70. The van der Waals surface area contributed by atoms with E-state index in [0.29, 0.717) is 24.1 Å². The van der Waals surface area contributed by atoms with E-state index in [1.54, 1.807) is 14.0 Å². The van der Waals surface area contributed by atoms with E-state index in [4.69, 9.17) is 14.0 Å². The Morgan fingerprint density at radius 1 is 1.21 bits per heavy atom. The van der Waals surface area contributed by atoms with Gasteiger partial charge in [-0.2, -0.15) is 10.2 Å². The van der Waals surface area contributed by atoms with Gasteiger partial charge in [0.2, 0.25) is 11.7 Å². The first-order valence-electron chi connectivity index (χ1n) is 9.08. The van der Waals surface area contributed by atoms with Gasteiger partial charge in [-0.1, -0.05) is 5.16 Å². The molecular formula is C21H20N4O3. The molecule has 7 heteroatoms. The molecule has 1 aliphatic rings. The van der Waals surface area contributed by atoms with Gasteiger partial charge in [0, 0.05) is 35.5 Å². The molecule has 142 valence electrons. The topological polar surface area (TPSA) is 84.4 Å². The first-order chi connectivity index (χ1) is 13.7. The molecule has 0 aliphatic carbocycles. The summed E-state index contributed by atoms with van der Waals surface area (Å²) in [5.74, 6) is 2.56. The number of benzene rings is 2. The SMILES string of the molecule is COc1cc(N(CC#N)c2ccc(-c3noc(C)n3)cc2)cc2c1OCCC2. The maximum absolute atomic E-state index is 9.38. The summed E-state index contributed by atoms with van der Waals surface area (Å²) in [6.45, 7) is 2.66. The predicted molar refractivity (Wildman–Crippen MR) is 104 cm³/mol. The van der Waals surface area contributed by atoms with Crippen molar-refractivity contribution in [2.45, 2.75) is 19.8 Å². The molecule has 1 aliphatic heterocycles. The van der Waals surface area contributed by atoms with Crippen molar-refractivity contribution in [1.82, 2.24) is 10.1 Å². The highest BCUT2D eigenvalue weighted by molar-refractivity contribution is 5.71. The summed E-state index contributed by atoms with van der Waals surface area (Å²) in [7, 11) is 1.63. The van der Waals surface area contributed by atoms with Crippen LogP contribution in [0.1, 0.15) is 17.9 Å². The molecule has 2 aromatic carbocycles. The number of rotatable bonds is 5.